The summed E-state index contributed by atoms with van der Waals surface area (Å²) in [6.07, 6.45) is 1.05. The summed E-state index contributed by atoms with van der Waals surface area (Å²) < 4.78 is 5.54. The van der Waals surface area contributed by atoms with E-state index in [2.05, 4.69) is 10.6 Å². The monoisotopic (exact) mass is 325 g/mol. The van der Waals surface area contributed by atoms with Crippen LogP contribution in [0.1, 0.15) is 22.3 Å². The van der Waals surface area contributed by atoms with E-state index in [1.807, 2.05) is 0 Å². The van der Waals surface area contributed by atoms with Gasteiger partial charge in [-0.1, -0.05) is 11.6 Å². The van der Waals surface area contributed by atoms with Gasteiger partial charge in [-0.3, -0.25) is 4.79 Å². The minimum atomic E-state index is -0.439. The van der Waals surface area contributed by atoms with Gasteiger partial charge in [0.05, 0.1) is 29.0 Å². The number of aliphatic hydroxyl groups excluding tert-OH is 1. The first-order valence-electron chi connectivity index (χ1n) is 7.48. The lowest BCUT2D eigenvalue weighted by molar-refractivity contribution is 0.0752. The van der Waals surface area contributed by atoms with Crippen molar-refractivity contribution in [2.24, 2.45) is 5.92 Å². The van der Waals surface area contributed by atoms with Gasteiger partial charge in [0.2, 0.25) is 0 Å². The molecule has 2 aliphatic rings. The van der Waals surface area contributed by atoms with Crippen molar-refractivity contribution in [1.82, 2.24) is 10.6 Å². The molecule has 5 N–H and O–H groups in total. The van der Waals surface area contributed by atoms with Crippen LogP contribution in [-0.2, 0) is 6.42 Å². The Bertz CT molecular complexity index is 594. The number of anilines is 1. The largest absolute Gasteiger partial charge is 0.492 e. The van der Waals surface area contributed by atoms with Gasteiger partial charge in [-0.2, -0.15) is 0 Å². The van der Waals surface area contributed by atoms with Gasteiger partial charge in [-0.15, -0.1) is 0 Å². The number of benzene rings is 1. The highest BCUT2D eigenvalue weighted by atomic mass is 35.5. The van der Waals surface area contributed by atoms with Crippen molar-refractivity contribution in [3.8, 4) is 5.75 Å². The van der Waals surface area contributed by atoms with E-state index in [9.17, 15) is 9.90 Å². The average Bonchev–Trinajstić information content (AvgIpc) is 2.99. The molecule has 7 heteroatoms. The highest BCUT2D eigenvalue weighted by Crippen LogP contribution is 2.38. The van der Waals surface area contributed by atoms with E-state index in [0.29, 0.717) is 48.1 Å². The molecule has 0 saturated carbocycles. The second-order valence-corrected chi connectivity index (χ2v) is 6.16. The maximum absolute atomic E-state index is 12.4. The van der Waals surface area contributed by atoms with Crippen molar-refractivity contribution in [3.63, 3.8) is 0 Å². The molecule has 2 atom stereocenters. The lowest BCUT2D eigenvalue weighted by Gasteiger charge is -2.28. The first-order valence-corrected chi connectivity index (χ1v) is 7.86. The van der Waals surface area contributed by atoms with Crippen molar-refractivity contribution in [1.29, 1.82) is 0 Å². The topological polar surface area (TPSA) is 96.6 Å². The molecule has 0 spiro atoms. The van der Waals surface area contributed by atoms with Crippen molar-refractivity contribution in [2.45, 2.75) is 18.9 Å². The van der Waals surface area contributed by atoms with E-state index < -0.39 is 6.10 Å². The summed E-state index contributed by atoms with van der Waals surface area (Å²) in [6, 6.07) is 1.55. The molecule has 2 heterocycles. The second kappa shape index (κ2) is 6.32. The van der Waals surface area contributed by atoms with E-state index >= 15 is 0 Å². The highest BCUT2D eigenvalue weighted by molar-refractivity contribution is 6.33. The van der Waals surface area contributed by atoms with E-state index in [1.165, 1.54) is 0 Å². The Morgan fingerprint density at radius 3 is 3.18 bits per heavy atom. The predicted molar refractivity (Wildman–Crippen MR) is 84.4 cm³/mol. The molecule has 120 valence electrons. The van der Waals surface area contributed by atoms with Gasteiger partial charge in [-0.05, 0) is 19.0 Å². The fraction of sp³-hybridized carbons (Fsp3) is 0.533. The molecule has 6 nitrogen and oxygen atoms in total. The zero-order valence-electron chi connectivity index (χ0n) is 12.2. The Morgan fingerprint density at radius 1 is 1.59 bits per heavy atom. The van der Waals surface area contributed by atoms with Crippen LogP contribution < -0.4 is 21.1 Å². The number of nitrogen functional groups attached to an aromatic ring is 1. The van der Waals surface area contributed by atoms with E-state index in [0.717, 1.165) is 18.5 Å². The molecule has 0 aliphatic carbocycles. The van der Waals surface area contributed by atoms with E-state index in [1.54, 1.807) is 6.07 Å². The number of hydrogen-bond acceptors (Lipinski definition) is 5. The number of hydrogen-bond donors (Lipinski definition) is 4. The number of amides is 1. The molecule has 1 fully saturated rings. The third-order valence-electron chi connectivity index (χ3n) is 4.33. The fourth-order valence-electron chi connectivity index (χ4n) is 2.99. The van der Waals surface area contributed by atoms with Gasteiger partial charge in [0.25, 0.3) is 5.91 Å². The third kappa shape index (κ3) is 2.86. The lowest BCUT2D eigenvalue weighted by Crippen LogP contribution is -2.45. The standard InChI is InChI=1S/C15H20ClN3O3/c16-11-5-10(14-9(13(11)17)2-4-22-14)15(21)19-6-8-1-3-18-7-12(8)20/h5,8,12,18,20H,1-4,6-7,17H2,(H,19,21). The summed E-state index contributed by atoms with van der Waals surface area (Å²) >= 11 is 6.10. The minimum absolute atomic E-state index is 0.0587. The summed E-state index contributed by atoms with van der Waals surface area (Å²) in [5.74, 6) is 0.347. The molecule has 0 bridgehead atoms. The molecule has 1 aromatic carbocycles. The first-order chi connectivity index (χ1) is 10.6. The van der Waals surface area contributed by atoms with Crippen LogP contribution in [0, 0.1) is 5.92 Å². The van der Waals surface area contributed by atoms with E-state index in [-0.39, 0.29) is 11.8 Å². The Morgan fingerprint density at radius 2 is 2.41 bits per heavy atom. The van der Waals surface area contributed by atoms with Crippen molar-refractivity contribution >= 4 is 23.2 Å². The second-order valence-electron chi connectivity index (χ2n) is 5.76. The molecule has 2 unspecified atom stereocenters. The number of piperidine rings is 1. The van der Waals surface area contributed by atoms with Crippen LogP contribution in [0.3, 0.4) is 0 Å². The first kappa shape index (κ1) is 15.4. The molecule has 1 amide bonds. The summed E-state index contributed by atoms with van der Waals surface area (Å²) in [6.45, 7) is 2.35. The molecule has 1 saturated heterocycles. The van der Waals surface area contributed by atoms with Crippen LogP contribution >= 0.6 is 11.6 Å². The average molecular weight is 326 g/mol. The van der Waals surface area contributed by atoms with E-state index in [4.69, 9.17) is 22.1 Å². The summed E-state index contributed by atoms with van der Waals surface area (Å²) in [5, 5.41) is 16.3. The number of β-amino-alcohol motifs (C(OH)–C–C–N with tert-alkyl or cyclic N) is 1. The predicted octanol–water partition coefficient (Wildman–Crippen LogP) is 0.557. The summed E-state index contributed by atoms with van der Waals surface area (Å²) in [7, 11) is 0. The molecule has 22 heavy (non-hydrogen) atoms. The quantitative estimate of drug-likeness (QED) is 0.609. The number of aliphatic hydroxyl groups is 1. The van der Waals surface area contributed by atoms with Gasteiger partial charge in [0, 0.05) is 31.0 Å². The van der Waals surface area contributed by atoms with Gasteiger partial charge in [-0.25, -0.2) is 0 Å². The fourth-order valence-corrected chi connectivity index (χ4v) is 3.21. The van der Waals surface area contributed by atoms with Crippen LogP contribution in [0.4, 0.5) is 5.69 Å². The minimum Gasteiger partial charge on any atom is -0.492 e. The van der Waals surface area contributed by atoms with Crippen LogP contribution in [-0.4, -0.2) is 43.4 Å². The van der Waals surface area contributed by atoms with Crippen LogP contribution in [0.25, 0.3) is 0 Å². The van der Waals surface area contributed by atoms with Crippen LogP contribution in [0.15, 0.2) is 6.07 Å². The molecule has 1 aromatic rings. The van der Waals surface area contributed by atoms with Gasteiger partial charge >= 0.3 is 0 Å². The van der Waals surface area contributed by atoms with Gasteiger partial charge < -0.3 is 26.2 Å². The normalized spacial score (nSPS) is 23.7. The van der Waals surface area contributed by atoms with Crippen molar-refractivity contribution in [2.75, 3.05) is 32.0 Å². The number of carbonyl (C=O) groups is 1. The Balaban J connectivity index is 1.73. The number of fused-ring (bicyclic) bond motifs is 1. The Hall–Kier alpha value is -1.50. The number of nitrogens with two attached hydrogens (primary N) is 1. The third-order valence-corrected chi connectivity index (χ3v) is 4.64. The molecular weight excluding hydrogens is 306 g/mol. The highest BCUT2D eigenvalue weighted by Gasteiger charge is 2.27. The molecule has 0 radical (unpaired) electrons. The maximum Gasteiger partial charge on any atom is 0.255 e. The lowest BCUT2D eigenvalue weighted by atomic mass is 9.95. The Kier molecular flexibility index (Phi) is 4.42. The van der Waals surface area contributed by atoms with Crippen LogP contribution in [0.5, 0.6) is 5.75 Å². The molecule has 2 aliphatic heterocycles. The number of carbonyl (C=O) groups excluding carboxylic acids is 1. The maximum atomic E-state index is 12.4. The summed E-state index contributed by atoms with van der Waals surface area (Å²) in [4.78, 5) is 12.4. The number of halogens is 1. The molecule has 3 rings (SSSR count). The number of nitrogens with one attached hydrogen (secondary N) is 2. The smallest absolute Gasteiger partial charge is 0.255 e. The van der Waals surface area contributed by atoms with Crippen LogP contribution in [0.2, 0.25) is 5.02 Å². The van der Waals surface area contributed by atoms with Crippen molar-refractivity contribution in [3.05, 3.63) is 22.2 Å². The van der Waals surface area contributed by atoms with Gasteiger partial charge in [0.15, 0.2) is 0 Å². The number of ether oxygens (including phenoxy) is 1. The SMILES string of the molecule is Nc1c(Cl)cc(C(=O)NCC2CCNCC2O)c2c1CCO2. The van der Waals surface area contributed by atoms with Gasteiger partial charge in [0.1, 0.15) is 5.75 Å². The molecular formula is C15H20ClN3O3. The zero-order chi connectivity index (χ0) is 15.7. The zero-order valence-corrected chi connectivity index (χ0v) is 12.9. The Labute approximate surface area is 134 Å². The number of rotatable bonds is 3. The van der Waals surface area contributed by atoms with Crippen molar-refractivity contribution < 1.29 is 14.6 Å². The summed E-state index contributed by atoms with van der Waals surface area (Å²) in [5.41, 5.74) is 7.63. The molecule has 0 aromatic heterocycles.